The van der Waals surface area contributed by atoms with Crippen LogP contribution in [0, 0.1) is 5.92 Å². The third-order valence-electron chi connectivity index (χ3n) is 3.51. The van der Waals surface area contributed by atoms with Crippen LogP contribution in [-0.2, 0) is 14.3 Å². The molecule has 0 N–H and O–H groups in total. The van der Waals surface area contributed by atoms with Crippen molar-refractivity contribution in [2.45, 2.75) is 18.9 Å². The number of ether oxygens (including phenoxy) is 1. The van der Waals surface area contributed by atoms with Crippen molar-refractivity contribution in [1.82, 2.24) is 4.90 Å². The minimum Gasteiger partial charge on any atom is -0.469 e. The standard InChI is InChI=1S/C14H17NO3/c1-15-12(16)9-8-11(14(17)18-2)13(15)10-6-4-3-5-7-10/h3-7,11,13H,8-9H2,1-2H3/t11-,13+/m1/s1. The van der Waals surface area contributed by atoms with Crippen LogP contribution in [0.4, 0.5) is 0 Å². The van der Waals surface area contributed by atoms with Gasteiger partial charge in [0.05, 0.1) is 19.1 Å². The Kier molecular flexibility index (Phi) is 3.65. The maximum Gasteiger partial charge on any atom is 0.311 e. The fraction of sp³-hybridized carbons (Fsp3) is 0.429. The Hall–Kier alpha value is -1.84. The van der Waals surface area contributed by atoms with Crippen LogP contribution in [0.15, 0.2) is 30.3 Å². The summed E-state index contributed by atoms with van der Waals surface area (Å²) >= 11 is 0. The van der Waals surface area contributed by atoms with Gasteiger partial charge in [0.2, 0.25) is 5.91 Å². The molecule has 18 heavy (non-hydrogen) atoms. The van der Waals surface area contributed by atoms with Crippen LogP contribution >= 0.6 is 0 Å². The maximum atomic E-state index is 11.8. The molecule has 96 valence electrons. The molecule has 4 nitrogen and oxygen atoms in total. The molecule has 0 saturated carbocycles. The summed E-state index contributed by atoms with van der Waals surface area (Å²) < 4.78 is 4.85. The van der Waals surface area contributed by atoms with E-state index in [9.17, 15) is 9.59 Å². The number of esters is 1. The number of likely N-dealkylation sites (tertiary alicyclic amines) is 1. The lowest BCUT2D eigenvalue weighted by atomic mass is 9.84. The fourth-order valence-electron chi connectivity index (χ4n) is 2.54. The van der Waals surface area contributed by atoms with Gasteiger partial charge in [-0.3, -0.25) is 9.59 Å². The van der Waals surface area contributed by atoms with Gasteiger partial charge >= 0.3 is 5.97 Å². The summed E-state index contributed by atoms with van der Waals surface area (Å²) in [5.74, 6) is -0.452. The highest BCUT2D eigenvalue weighted by Gasteiger charge is 2.39. The molecule has 0 unspecified atom stereocenters. The van der Waals surface area contributed by atoms with E-state index in [2.05, 4.69) is 0 Å². The van der Waals surface area contributed by atoms with Crippen LogP contribution in [0.3, 0.4) is 0 Å². The van der Waals surface area contributed by atoms with E-state index in [1.807, 2.05) is 30.3 Å². The van der Waals surface area contributed by atoms with E-state index in [1.165, 1.54) is 7.11 Å². The molecule has 1 saturated heterocycles. The Labute approximate surface area is 107 Å². The van der Waals surface area contributed by atoms with Crippen molar-refractivity contribution < 1.29 is 14.3 Å². The average molecular weight is 247 g/mol. The van der Waals surface area contributed by atoms with E-state index in [0.717, 1.165) is 5.56 Å². The van der Waals surface area contributed by atoms with Crippen LogP contribution < -0.4 is 0 Å². The molecular formula is C14H17NO3. The van der Waals surface area contributed by atoms with E-state index in [4.69, 9.17) is 4.74 Å². The summed E-state index contributed by atoms with van der Waals surface area (Å²) in [6.07, 6.45) is 0.953. The Morgan fingerprint density at radius 2 is 2.00 bits per heavy atom. The van der Waals surface area contributed by atoms with Crippen molar-refractivity contribution in [3.05, 3.63) is 35.9 Å². The van der Waals surface area contributed by atoms with E-state index < -0.39 is 0 Å². The molecule has 0 aliphatic carbocycles. The highest BCUT2D eigenvalue weighted by molar-refractivity contribution is 5.82. The third-order valence-corrected chi connectivity index (χ3v) is 3.51. The first kappa shape index (κ1) is 12.6. The molecule has 1 aliphatic rings. The van der Waals surface area contributed by atoms with Gasteiger partial charge in [0, 0.05) is 13.5 Å². The Balaban J connectivity index is 2.35. The minimum absolute atomic E-state index is 0.0732. The molecule has 0 aromatic heterocycles. The highest BCUT2D eigenvalue weighted by atomic mass is 16.5. The molecule has 0 bridgehead atoms. The second-order valence-corrected chi connectivity index (χ2v) is 4.53. The first-order valence-electron chi connectivity index (χ1n) is 6.03. The van der Waals surface area contributed by atoms with Crippen molar-refractivity contribution in [3.8, 4) is 0 Å². The van der Waals surface area contributed by atoms with Crippen molar-refractivity contribution in [1.29, 1.82) is 0 Å². The van der Waals surface area contributed by atoms with E-state index in [1.54, 1.807) is 11.9 Å². The zero-order valence-corrected chi connectivity index (χ0v) is 10.6. The summed E-state index contributed by atoms with van der Waals surface area (Å²) in [5.41, 5.74) is 0.975. The van der Waals surface area contributed by atoms with Crippen molar-refractivity contribution in [2.24, 2.45) is 5.92 Å². The lowest BCUT2D eigenvalue weighted by molar-refractivity contribution is -0.153. The second kappa shape index (κ2) is 5.21. The molecule has 1 aromatic rings. The van der Waals surface area contributed by atoms with Crippen molar-refractivity contribution in [3.63, 3.8) is 0 Å². The van der Waals surface area contributed by atoms with Gasteiger partial charge in [-0.2, -0.15) is 0 Å². The van der Waals surface area contributed by atoms with E-state index in [0.29, 0.717) is 12.8 Å². The Morgan fingerprint density at radius 1 is 1.33 bits per heavy atom. The molecule has 0 radical (unpaired) electrons. The van der Waals surface area contributed by atoms with Crippen molar-refractivity contribution >= 4 is 11.9 Å². The summed E-state index contributed by atoms with van der Waals surface area (Å²) in [5, 5.41) is 0. The molecule has 1 fully saturated rings. The normalized spacial score (nSPS) is 23.9. The molecule has 4 heteroatoms. The predicted octanol–water partition coefficient (Wildman–Crippen LogP) is 1.77. The smallest absolute Gasteiger partial charge is 0.311 e. The van der Waals surface area contributed by atoms with Crippen LogP contribution in [-0.4, -0.2) is 30.9 Å². The average Bonchev–Trinajstić information content (AvgIpc) is 2.41. The molecular weight excluding hydrogens is 230 g/mol. The number of benzene rings is 1. The first-order chi connectivity index (χ1) is 8.65. The van der Waals surface area contributed by atoms with Gasteiger partial charge in [0.25, 0.3) is 0 Å². The molecule has 1 aromatic carbocycles. The SMILES string of the molecule is COC(=O)[C@@H]1CCC(=O)N(C)[C@H]1c1ccccc1. The van der Waals surface area contributed by atoms with Crippen LogP contribution in [0.2, 0.25) is 0 Å². The molecule has 1 aliphatic heterocycles. The lowest BCUT2D eigenvalue weighted by Crippen LogP contribution is -2.43. The van der Waals surface area contributed by atoms with Gasteiger partial charge in [0.15, 0.2) is 0 Å². The van der Waals surface area contributed by atoms with Crippen LogP contribution in [0.5, 0.6) is 0 Å². The Morgan fingerprint density at radius 3 is 2.61 bits per heavy atom. The number of hydrogen-bond donors (Lipinski definition) is 0. The van der Waals surface area contributed by atoms with E-state index >= 15 is 0 Å². The number of amides is 1. The lowest BCUT2D eigenvalue weighted by Gasteiger charge is -2.37. The van der Waals surface area contributed by atoms with Gasteiger partial charge in [-0.25, -0.2) is 0 Å². The monoisotopic (exact) mass is 247 g/mol. The number of carbonyl (C=O) groups excluding carboxylic acids is 2. The zero-order valence-electron chi connectivity index (χ0n) is 10.6. The van der Waals surface area contributed by atoms with Gasteiger partial charge < -0.3 is 9.64 Å². The first-order valence-corrected chi connectivity index (χ1v) is 6.03. The molecule has 1 heterocycles. The fourth-order valence-corrected chi connectivity index (χ4v) is 2.54. The second-order valence-electron chi connectivity index (χ2n) is 4.53. The zero-order chi connectivity index (χ0) is 13.1. The van der Waals surface area contributed by atoms with Gasteiger partial charge in [0.1, 0.15) is 0 Å². The van der Waals surface area contributed by atoms with Crippen LogP contribution in [0.25, 0.3) is 0 Å². The molecule has 2 atom stereocenters. The number of methoxy groups -OCH3 is 1. The summed E-state index contributed by atoms with van der Waals surface area (Å²) in [7, 11) is 3.13. The number of nitrogens with zero attached hydrogens (tertiary/aromatic N) is 1. The molecule has 2 rings (SSSR count). The molecule has 0 spiro atoms. The topological polar surface area (TPSA) is 46.6 Å². The molecule has 1 amide bonds. The third kappa shape index (κ3) is 2.23. The summed E-state index contributed by atoms with van der Waals surface area (Å²) in [6, 6.07) is 9.40. The van der Waals surface area contributed by atoms with Crippen molar-refractivity contribution in [2.75, 3.05) is 14.2 Å². The largest absolute Gasteiger partial charge is 0.469 e. The number of carbonyl (C=O) groups is 2. The number of hydrogen-bond acceptors (Lipinski definition) is 3. The predicted molar refractivity (Wildman–Crippen MR) is 66.7 cm³/mol. The van der Waals surface area contributed by atoms with Gasteiger partial charge in [-0.15, -0.1) is 0 Å². The van der Waals surface area contributed by atoms with Gasteiger partial charge in [-0.05, 0) is 12.0 Å². The highest BCUT2D eigenvalue weighted by Crippen LogP contribution is 2.36. The maximum absolute atomic E-state index is 11.8. The number of piperidine rings is 1. The summed E-state index contributed by atoms with van der Waals surface area (Å²) in [4.78, 5) is 25.3. The Bertz CT molecular complexity index is 444. The van der Waals surface area contributed by atoms with Crippen LogP contribution in [0.1, 0.15) is 24.4 Å². The summed E-state index contributed by atoms with van der Waals surface area (Å²) in [6.45, 7) is 0. The minimum atomic E-state index is -0.278. The quantitative estimate of drug-likeness (QED) is 0.748. The van der Waals surface area contributed by atoms with Gasteiger partial charge in [-0.1, -0.05) is 30.3 Å². The number of rotatable bonds is 2. The van der Waals surface area contributed by atoms with E-state index in [-0.39, 0.29) is 23.8 Å².